The van der Waals surface area contributed by atoms with Crippen molar-refractivity contribution < 1.29 is 20.7 Å². The Morgan fingerprint density at radius 3 is 1.24 bits per heavy atom. The van der Waals surface area contributed by atoms with E-state index in [4.69, 9.17) is 72.8 Å². The van der Waals surface area contributed by atoms with E-state index < -0.39 is 20.7 Å². The van der Waals surface area contributed by atoms with Crippen LogP contribution < -0.4 is 0 Å². The molecule has 0 aliphatic heterocycles. The number of diazo groups is 2. The van der Waals surface area contributed by atoms with Gasteiger partial charge in [-0.3, -0.25) is 20.2 Å². The van der Waals surface area contributed by atoms with E-state index in [1.54, 1.807) is 0 Å². The van der Waals surface area contributed by atoms with Crippen molar-refractivity contribution in [2.75, 3.05) is 0 Å². The normalized spacial score (nSPS) is 9.52. The number of hydrogen-bond acceptors (Lipinski definition) is 6. The van der Waals surface area contributed by atoms with Crippen LogP contribution in [0.15, 0.2) is 36.4 Å². The molecule has 0 saturated carbocycles. The van der Waals surface area contributed by atoms with Gasteiger partial charge in [-0.25, -0.2) is 0 Å². The van der Waals surface area contributed by atoms with Crippen LogP contribution in [0, 0.1) is 31.0 Å². The van der Waals surface area contributed by atoms with E-state index in [-0.39, 0.29) is 32.8 Å². The number of hydrogen-bond donors (Lipinski definition) is 0. The molecule has 0 spiro atoms. The molecule has 0 fully saturated rings. The third-order valence-electron chi connectivity index (χ3n) is 2.48. The van der Waals surface area contributed by atoms with Crippen molar-refractivity contribution in [1.29, 1.82) is 10.8 Å². The summed E-state index contributed by atoms with van der Waals surface area (Å²) in [5.41, 5.74) is -0.844. The summed E-state index contributed by atoms with van der Waals surface area (Å²) in [6, 6.07) is 7.58. The first-order valence-electron chi connectivity index (χ1n) is 6.95. The molecule has 152 valence electrons. The fourth-order valence-corrected chi connectivity index (χ4v) is 1.79. The van der Waals surface area contributed by atoms with Gasteiger partial charge in [0.25, 0.3) is 0 Å². The first-order valence-corrected chi connectivity index (χ1v) is 23.3. The van der Waals surface area contributed by atoms with Gasteiger partial charge in [0, 0.05) is 34.3 Å². The molecule has 2 aromatic rings. The molecule has 0 aromatic heterocycles. The molecule has 0 aliphatic rings. The third kappa shape index (κ3) is 11.9. The Morgan fingerprint density at radius 2 is 1.03 bits per heavy atom. The Morgan fingerprint density at radius 1 is 0.759 bits per heavy atom. The Hall–Kier alpha value is -1.56. The van der Waals surface area contributed by atoms with E-state index >= 15 is 0 Å². The molecule has 0 heterocycles. The monoisotopic (exact) mass is 572 g/mol. The Balaban J connectivity index is 0.000000442. The predicted octanol–water partition coefficient (Wildman–Crippen LogP) is 8.22. The zero-order valence-corrected chi connectivity index (χ0v) is 21.3. The van der Waals surface area contributed by atoms with Gasteiger partial charge in [-0.1, -0.05) is 23.2 Å². The molecule has 0 radical (unpaired) electrons. The van der Waals surface area contributed by atoms with Crippen molar-refractivity contribution in [3.63, 3.8) is 0 Å². The predicted molar refractivity (Wildman–Crippen MR) is 109 cm³/mol. The third-order valence-corrected chi connectivity index (χ3v) is 2.95. The van der Waals surface area contributed by atoms with E-state index in [1.165, 1.54) is 24.3 Å². The second kappa shape index (κ2) is 12.9. The molecule has 29 heavy (non-hydrogen) atoms. The Labute approximate surface area is 191 Å². The van der Waals surface area contributed by atoms with Gasteiger partial charge in [-0.2, -0.15) is 0 Å². The summed E-state index contributed by atoms with van der Waals surface area (Å²) >= 11 is 11.0. The number of nitrogens with zero attached hydrogens (tertiary/aromatic N) is 6. The summed E-state index contributed by atoms with van der Waals surface area (Å²) in [4.78, 5) is 24.8. The summed E-state index contributed by atoms with van der Waals surface area (Å²) < 4.78 is 0. The van der Waals surface area contributed by atoms with Crippen LogP contribution in [0.1, 0.15) is 0 Å². The molecule has 0 saturated heterocycles. The Bertz CT molecular complexity index is 911. The summed E-state index contributed by atoms with van der Waals surface area (Å²) in [6.45, 7) is 0. The summed E-state index contributed by atoms with van der Waals surface area (Å²) in [5, 5.41) is 37.7. The molecule has 0 aliphatic carbocycles. The van der Waals surface area contributed by atoms with Gasteiger partial charge in [0.15, 0.2) is 9.95 Å². The van der Waals surface area contributed by atoms with Gasteiger partial charge in [-0.15, -0.1) is 0 Å². The summed E-state index contributed by atoms with van der Waals surface area (Å²) in [7, 11) is 16.8. The van der Waals surface area contributed by atoms with E-state index in [2.05, 4.69) is 9.95 Å². The molecule has 2 rings (SSSR count). The molecule has 0 N–H and O–H groups in total. The van der Waals surface area contributed by atoms with Crippen LogP contribution in [0.5, 0.6) is 0 Å². The second-order valence-electron chi connectivity index (χ2n) is 4.59. The first-order chi connectivity index (χ1) is 13.3. The fourth-order valence-electron chi connectivity index (χ4n) is 1.45. The number of benzene rings is 2. The average molecular weight is 576 g/mol. The standard InChI is InChI=1S/2C6H3ClN3O2.4ClH.Zn/c2*7-4-1-2-5(9-8)6(3-4)10(11)12;;;;;/h2*1-3H;4*1H;/q2*+1;;;;;+2/p-4. The molecule has 17 heteroatoms. The maximum atomic E-state index is 10.3. The molecule has 0 unspecified atom stereocenters. The SMILES string of the molecule is N#[N+]c1ccc(Cl)cc1[N+](=O)[O-].N#[N+]c1ccc(Cl)cc1[N+](=O)[O-].[Cl][Zn-2]([Cl])([Cl])[Cl]. The minimum absolute atomic E-state index is 0.107. The maximum absolute atomic E-state index is 10.3. The van der Waals surface area contributed by atoms with Crippen LogP contribution >= 0.6 is 62.0 Å². The minimum atomic E-state index is -3.36. The van der Waals surface area contributed by atoms with Crippen LogP contribution in [-0.2, 0) is 10.8 Å². The van der Waals surface area contributed by atoms with E-state index in [1.807, 2.05) is 0 Å². The van der Waals surface area contributed by atoms with Crippen LogP contribution in [0.4, 0.5) is 22.7 Å². The molecular weight excluding hydrogens is 570 g/mol. The van der Waals surface area contributed by atoms with Crippen LogP contribution in [0.3, 0.4) is 0 Å². The zero-order chi connectivity index (χ0) is 22.8. The van der Waals surface area contributed by atoms with Gasteiger partial charge in [-0.05, 0) is 12.1 Å². The van der Waals surface area contributed by atoms with Crippen molar-refractivity contribution in [2.24, 2.45) is 0 Å². The van der Waals surface area contributed by atoms with E-state index in [9.17, 15) is 20.2 Å². The second-order valence-corrected chi connectivity index (χ2v) is 33.2. The summed E-state index contributed by atoms with van der Waals surface area (Å²) in [5.74, 6) is 0. The van der Waals surface area contributed by atoms with Gasteiger partial charge in [0.1, 0.15) is 0 Å². The van der Waals surface area contributed by atoms with Gasteiger partial charge >= 0.3 is 72.3 Å². The number of nitro groups is 2. The molecular formula is C12H6Cl6N6O4Zn. The molecule has 0 bridgehead atoms. The molecule has 2 aromatic carbocycles. The quantitative estimate of drug-likeness (QED) is 0.153. The first kappa shape index (κ1) is 27.4. The van der Waals surface area contributed by atoms with E-state index in [0.29, 0.717) is 0 Å². The molecule has 0 atom stereocenters. The van der Waals surface area contributed by atoms with E-state index in [0.717, 1.165) is 12.1 Å². The number of halogens is 6. The molecule has 10 nitrogen and oxygen atoms in total. The van der Waals surface area contributed by atoms with Crippen molar-refractivity contribution in [2.45, 2.75) is 0 Å². The van der Waals surface area contributed by atoms with Crippen LogP contribution in [-0.4, -0.2) is 9.85 Å². The summed E-state index contributed by atoms with van der Waals surface area (Å²) in [6.07, 6.45) is 0. The fraction of sp³-hybridized carbons (Fsp3) is 0. The average Bonchev–Trinajstić information content (AvgIpc) is 2.60. The van der Waals surface area contributed by atoms with Crippen LogP contribution in [0.2, 0.25) is 10.0 Å². The van der Waals surface area contributed by atoms with Crippen molar-refractivity contribution in [3.8, 4) is 0 Å². The topological polar surface area (TPSA) is 143 Å². The van der Waals surface area contributed by atoms with Gasteiger partial charge < -0.3 is 0 Å². The van der Waals surface area contributed by atoms with Gasteiger partial charge in [0.2, 0.25) is 10.8 Å². The number of rotatable bonds is 2. The van der Waals surface area contributed by atoms with Crippen molar-refractivity contribution in [1.82, 2.24) is 0 Å². The van der Waals surface area contributed by atoms with Crippen molar-refractivity contribution >= 4 is 84.7 Å². The van der Waals surface area contributed by atoms with Crippen LogP contribution in [0.25, 0.3) is 9.95 Å². The van der Waals surface area contributed by atoms with Gasteiger partial charge in [0.05, 0.1) is 9.85 Å². The van der Waals surface area contributed by atoms with Crippen molar-refractivity contribution in [3.05, 3.63) is 76.6 Å². The zero-order valence-electron chi connectivity index (χ0n) is 13.8. The molecule has 0 amide bonds. The Kier molecular flexibility index (Phi) is 12.2. The number of nitro benzene ring substituents is 2.